The van der Waals surface area contributed by atoms with Crippen LogP contribution in [0, 0.1) is 17.8 Å². The number of rotatable bonds is 2. The van der Waals surface area contributed by atoms with Crippen molar-refractivity contribution in [1.29, 1.82) is 0 Å². The molecule has 15 heavy (non-hydrogen) atoms. The monoisotopic (exact) mass is 233 g/mol. The first-order valence-corrected chi connectivity index (χ1v) is 7.18. The molecule has 1 heterocycles. The van der Waals surface area contributed by atoms with Crippen molar-refractivity contribution in [1.82, 2.24) is 4.31 Å². The largest absolute Gasteiger partial charge is 0.217 e. The molecular formula is C11H23NO2S. The first-order chi connectivity index (χ1) is 6.71. The number of hydrogen-bond acceptors (Lipinski definition) is 2. The predicted molar refractivity (Wildman–Crippen MR) is 63.1 cm³/mol. The van der Waals surface area contributed by atoms with E-state index in [1.54, 1.807) is 11.4 Å². The van der Waals surface area contributed by atoms with Crippen LogP contribution in [-0.4, -0.2) is 31.1 Å². The quantitative estimate of drug-likeness (QED) is 0.731. The van der Waals surface area contributed by atoms with Gasteiger partial charge in [-0.15, -0.1) is 0 Å². The summed E-state index contributed by atoms with van der Waals surface area (Å²) in [4.78, 5) is 0. The molecule has 1 aliphatic heterocycles. The van der Waals surface area contributed by atoms with Crippen molar-refractivity contribution >= 4 is 10.0 Å². The smallest absolute Gasteiger partial charge is 0.212 e. The van der Waals surface area contributed by atoms with Crippen molar-refractivity contribution in [3.05, 3.63) is 0 Å². The molecule has 90 valence electrons. The Bertz CT molecular complexity index is 295. The predicted octanol–water partition coefficient (Wildman–Crippen LogP) is 1.95. The summed E-state index contributed by atoms with van der Waals surface area (Å²) in [6, 6.07) is 0.157. The highest BCUT2D eigenvalue weighted by molar-refractivity contribution is 7.90. The molecule has 0 N–H and O–H groups in total. The number of sulfonamides is 1. The standard InChI is InChI=1S/C11H23NO2S/c1-7(2)10-9(5)15(13,14)12(6)11(10)8(3)4/h7-11H,1-6H3/t9-,10-,11-/m1/s1. The van der Waals surface area contributed by atoms with E-state index < -0.39 is 10.0 Å². The fourth-order valence-electron chi connectivity index (χ4n) is 2.95. The third kappa shape index (κ3) is 1.94. The van der Waals surface area contributed by atoms with Gasteiger partial charge in [-0.1, -0.05) is 27.7 Å². The van der Waals surface area contributed by atoms with Gasteiger partial charge in [-0.05, 0) is 24.7 Å². The van der Waals surface area contributed by atoms with Gasteiger partial charge >= 0.3 is 0 Å². The van der Waals surface area contributed by atoms with Gasteiger partial charge in [0, 0.05) is 13.1 Å². The van der Waals surface area contributed by atoms with Gasteiger partial charge in [0.1, 0.15) is 0 Å². The first kappa shape index (κ1) is 13.0. The summed E-state index contributed by atoms with van der Waals surface area (Å²) >= 11 is 0. The molecule has 0 aliphatic carbocycles. The summed E-state index contributed by atoms with van der Waals surface area (Å²) < 4.78 is 25.7. The van der Waals surface area contributed by atoms with E-state index in [1.807, 2.05) is 6.92 Å². The molecular weight excluding hydrogens is 210 g/mol. The fraction of sp³-hybridized carbons (Fsp3) is 1.00. The van der Waals surface area contributed by atoms with Crippen LogP contribution in [0.15, 0.2) is 0 Å². The van der Waals surface area contributed by atoms with Gasteiger partial charge in [-0.2, -0.15) is 0 Å². The molecule has 0 spiro atoms. The molecule has 0 saturated carbocycles. The van der Waals surface area contributed by atoms with Crippen LogP contribution >= 0.6 is 0 Å². The Morgan fingerprint density at radius 1 is 1.07 bits per heavy atom. The van der Waals surface area contributed by atoms with Gasteiger partial charge in [-0.3, -0.25) is 0 Å². The van der Waals surface area contributed by atoms with Gasteiger partial charge in [0.05, 0.1) is 5.25 Å². The maximum absolute atomic E-state index is 12.0. The molecule has 0 unspecified atom stereocenters. The van der Waals surface area contributed by atoms with Gasteiger partial charge < -0.3 is 0 Å². The van der Waals surface area contributed by atoms with Crippen LogP contribution in [0.1, 0.15) is 34.6 Å². The maximum Gasteiger partial charge on any atom is 0.217 e. The lowest BCUT2D eigenvalue weighted by atomic mass is 9.81. The SMILES string of the molecule is CC(C)[C@H]1[C@@H](C(C)C)N(C)S(=O)(=O)[C@@H]1C. The Hall–Kier alpha value is -0.0900. The van der Waals surface area contributed by atoms with Crippen LogP contribution in [0.2, 0.25) is 0 Å². The fourth-order valence-corrected chi connectivity index (χ4v) is 5.07. The number of nitrogens with zero attached hydrogens (tertiary/aromatic N) is 1. The van der Waals surface area contributed by atoms with E-state index in [0.717, 1.165) is 0 Å². The van der Waals surface area contributed by atoms with E-state index in [4.69, 9.17) is 0 Å². The summed E-state index contributed by atoms with van der Waals surface area (Å²) in [6.45, 7) is 10.3. The second kappa shape index (κ2) is 4.06. The van der Waals surface area contributed by atoms with Crippen molar-refractivity contribution in [2.75, 3.05) is 7.05 Å². The third-order valence-electron chi connectivity index (χ3n) is 3.68. The van der Waals surface area contributed by atoms with Crippen molar-refractivity contribution in [2.24, 2.45) is 17.8 Å². The Balaban J connectivity index is 3.16. The van der Waals surface area contributed by atoms with E-state index in [2.05, 4.69) is 27.7 Å². The van der Waals surface area contributed by atoms with Crippen LogP contribution in [-0.2, 0) is 10.0 Å². The van der Waals surface area contributed by atoms with E-state index in [1.165, 1.54) is 0 Å². The molecule has 3 atom stereocenters. The van der Waals surface area contributed by atoms with Crippen molar-refractivity contribution < 1.29 is 8.42 Å². The van der Waals surface area contributed by atoms with Crippen LogP contribution in [0.25, 0.3) is 0 Å². The Morgan fingerprint density at radius 2 is 1.53 bits per heavy atom. The Labute approximate surface area is 93.9 Å². The number of hydrogen-bond donors (Lipinski definition) is 0. The molecule has 0 bridgehead atoms. The zero-order chi connectivity index (χ0) is 12.0. The lowest BCUT2D eigenvalue weighted by molar-refractivity contribution is 0.199. The zero-order valence-corrected chi connectivity index (χ0v) is 11.4. The highest BCUT2D eigenvalue weighted by Crippen LogP contribution is 2.39. The van der Waals surface area contributed by atoms with Crippen molar-refractivity contribution in [3.8, 4) is 0 Å². The highest BCUT2D eigenvalue weighted by Gasteiger charge is 2.50. The lowest BCUT2D eigenvalue weighted by Gasteiger charge is -2.29. The van der Waals surface area contributed by atoms with Crippen LogP contribution in [0.5, 0.6) is 0 Å². The average molecular weight is 233 g/mol. The Kier molecular flexibility index (Phi) is 3.51. The average Bonchev–Trinajstić information content (AvgIpc) is 2.26. The summed E-state index contributed by atoms with van der Waals surface area (Å²) in [7, 11) is -1.34. The van der Waals surface area contributed by atoms with E-state index in [0.29, 0.717) is 11.8 Å². The van der Waals surface area contributed by atoms with Gasteiger partial charge in [0.25, 0.3) is 0 Å². The summed E-state index contributed by atoms with van der Waals surface area (Å²) in [5, 5.41) is -0.241. The van der Waals surface area contributed by atoms with Gasteiger partial charge in [-0.25, -0.2) is 12.7 Å². The molecule has 0 radical (unpaired) electrons. The minimum atomic E-state index is -3.06. The van der Waals surface area contributed by atoms with Crippen LogP contribution in [0.4, 0.5) is 0 Å². The summed E-state index contributed by atoms with van der Waals surface area (Å²) in [5.41, 5.74) is 0. The molecule has 0 amide bonds. The maximum atomic E-state index is 12.0. The molecule has 1 rings (SSSR count). The van der Waals surface area contributed by atoms with Gasteiger partial charge in [0.15, 0.2) is 0 Å². The van der Waals surface area contributed by atoms with Crippen molar-refractivity contribution in [3.63, 3.8) is 0 Å². The second-order valence-electron chi connectivity index (χ2n) is 5.32. The molecule has 3 nitrogen and oxygen atoms in total. The lowest BCUT2D eigenvalue weighted by Crippen LogP contribution is -2.37. The second-order valence-corrected chi connectivity index (χ2v) is 7.67. The summed E-state index contributed by atoms with van der Waals surface area (Å²) in [6.07, 6.45) is 0. The zero-order valence-electron chi connectivity index (χ0n) is 10.6. The van der Waals surface area contributed by atoms with E-state index in [9.17, 15) is 8.42 Å². The molecule has 1 fully saturated rings. The minimum absolute atomic E-state index is 0.157. The normalized spacial score (nSPS) is 36.7. The Morgan fingerprint density at radius 3 is 1.80 bits per heavy atom. The van der Waals surface area contributed by atoms with Gasteiger partial charge in [0.2, 0.25) is 10.0 Å². The molecule has 1 saturated heterocycles. The van der Waals surface area contributed by atoms with Crippen molar-refractivity contribution in [2.45, 2.75) is 45.9 Å². The summed E-state index contributed by atoms with van der Waals surface area (Å²) in [5.74, 6) is 1.04. The molecule has 4 heteroatoms. The van der Waals surface area contributed by atoms with Crippen LogP contribution < -0.4 is 0 Å². The molecule has 0 aromatic carbocycles. The minimum Gasteiger partial charge on any atom is -0.212 e. The molecule has 0 aromatic heterocycles. The van der Waals surface area contributed by atoms with Crippen LogP contribution in [0.3, 0.4) is 0 Å². The third-order valence-corrected chi connectivity index (χ3v) is 5.98. The topological polar surface area (TPSA) is 37.4 Å². The molecule has 1 aliphatic rings. The highest BCUT2D eigenvalue weighted by atomic mass is 32.2. The van der Waals surface area contributed by atoms with E-state index in [-0.39, 0.29) is 17.2 Å². The molecule has 0 aromatic rings. The van der Waals surface area contributed by atoms with E-state index >= 15 is 0 Å². The first-order valence-electron chi connectivity index (χ1n) is 5.68.